The van der Waals surface area contributed by atoms with Gasteiger partial charge in [0, 0.05) is 52.9 Å². The molecular weight excluding hydrogens is 478 g/mol. The predicted octanol–water partition coefficient (Wildman–Crippen LogP) is 3.84. The normalized spacial score (nSPS) is 10.9. The molecule has 1 amide bonds. The number of rotatable bonds is 12. The first-order chi connectivity index (χ1) is 17.3. The number of ether oxygens (including phenoxy) is 1. The zero-order valence-corrected chi connectivity index (χ0v) is 21.4. The Labute approximate surface area is 211 Å². The van der Waals surface area contributed by atoms with Crippen LogP contribution < -0.4 is 26.0 Å². The highest BCUT2D eigenvalue weighted by Crippen LogP contribution is 2.25. The van der Waals surface area contributed by atoms with Crippen LogP contribution in [0.2, 0.25) is 0 Å². The van der Waals surface area contributed by atoms with E-state index in [-0.39, 0.29) is 11.5 Å². The summed E-state index contributed by atoms with van der Waals surface area (Å²) >= 11 is 0. The molecule has 2 aromatic carbocycles. The summed E-state index contributed by atoms with van der Waals surface area (Å²) in [5, 5.41) is 12.1. The average Bonchev–Trinajstić information content (AvgIpc) is 2.83. The molecular formula is C25H31N7O3S. The van der Waals surface area contributed by atoms with Gasteiger partial charge in [0.05, 0.1) is 5.69 Å². The number of nitrogens with zero attached hydrogens (tertiary/aromatic N) is 3. The van der Waals surface area contributed by atoms with Crippen molar-refractivity contribution in [3.63, 3.8) is 0 Å². The fourth-order valence-corrected chi connectivity index (χ4v) is 3.65. The minimum atomic E-state index is -2.32. The van der Waals surface area contributed by atoms with Crippen LogP contribution in [0.15, 0.2) is 71.7 Å². The summed E-state index contributed by atoms with van der Waals surface area (Å²) in [6.07, 6.45) is 6.17. The lowest BCUT2D eigenvalue weighted by Crippen LogP contribution is -2.24. The summed E-state index contributed by atoms with van der Waals surface area (Å²) in [4.78, 5) is 21.6. The van der Waals surface area contributed by atoms with E-state index in [1.807, 2.05) is 31.3 Å². The third-order valence-corrected chi connectivity index (χ3v) is 5.26. The van der Waals surface area contributed by atoms with Crippen molar-refractivity contribution >= 4 is 44.5 Å². The Balaban J connectivity index is 1.86. The maximum Gasteiger partial charge on any atom is 0.256 e. The van der Waals surface area contributed by atoms with Gasteiger partial charge >= 0.3 is 0 Å². The molecule has 0 radical (unpaired) electrons. The van der Waals surface area contributed by atoms with Crippen LogP contribution in [-0.2, 0) is 9.73 Å². The van der Waals surface area contributed by atoms with E-state index in [1.165, 1.54) is 6.20 Å². The van der Waals surface area contributed by atoms with E-state index >= 15 is 0 Å². The molecule has 0 atom stereocenters. The minimum Gasteiger partial charge on any atom is -0.492 e. The molecule has 4 N–H and O–H groups in total. The molecule has 0 aliphatic rings. The zero-order valence-electron chi connectivity index (χ0n) is 20.6. The van der Waals surface area contributed by atoms with Crippen molar-refractivity contribution in [1.82, 2.24) is 20.6 Å². The van der Waals surface area contributed by atoms with E-state index in [4.69, 9.17) is 4.74 Å². The highest BCUT2D eigenvalue weighted by atomic mass is 32.2. The maximum atomic E-state index is 12.7. The molecule has 1 heterocycles. The van der Waals surface area contributed by atoms with Crippen molar-refractivity contribution < 1.29 is 13.7 Å². The van der Waals surface area contributed by atoms with Gasteiger partial charge < -0.3 is 26.0 Å². The number of amides is 1. The minimum absolute atomic E-state index is 0.257. The van der Waals surface area contributed by atoms with Crippen LogP contribution in [0.25, 0.3) is 0 Å². The van der Waals surface area contributed by atoms with Crippen LogP contribution in [0.1, 0.15) is 10.4 Å². The summed E-state index contributed by atoms with van der Waals surface area (Å²) in [5.74, 6) is 0.999. The van der Waals surface area contributed by atoms with Gasteiger partial charge in [-0.25, -0.2) is 9.19 Å². The molecule has 190 valence electrons. The summed E-state index contributed by atoms with van der Waals surface area (Å²) in [7, 11) is -0.455. The highest BCUT2D eigenvalue weighted by Gasteiger charge is 2.15. The van der Waals surface area contributed by atoms with Gasteiger partial charge in [0.15, 0.2) is 0 Å². The van der Waals surface area contributed by atoms with Gasteiger partial charge in [-0.3, -0.25) is 4.79 Å². The molecule has 0 fully saturated rings. The second-order valence-corrected chi connectivity index (χ2v) is 10.5. The molecule has 0 spiro atoms. The van der Waals surface area contributed by atoms with Crippen molar-refractivity contribution in [3.8, 4) is 5.75 Å². The number of carbonyl (C=O) groups is 1. The van der Waals surface area contributed by atoms with Crippen LogP contribution in [0.5, 0.6) is 5.75 Å². The number of hydrogen-bond acceptors (Lipinski definition) is 9. The number of carbonyl (C=O) groups excluding carboxylic acids is 1. The topological polar surface area (TPSA) is 130 Å². The lowest BCUT2D eigenvalue weighted by molar-refractivity contribution is 0.0958. The van der Waals surface area contributed by atoms with Crippen LogP contribution in [0, 0.1) is 0 Å². The molecule has 3 rings (SSSR count). The smallest absolute Gasteiger partial charge is 0.256 e. The standard InChI is InChI=1S/C25H31N7O3S/c1-5-13-27-24(33)22-17-28-25(30-18-9-11-21(12-10-18)35-15-14-26-2)31-23(22)29-19-7-6-8-20(16-19)32-36(3,4)34/h5-12,16-17,26H,1,13-15H2,2-4H3,(H,27,33)(H2,28,29,30,31). The Morgan fingerprint density at radius 3 is 2.61 bits per heavy atom. The van der Waals surface area contributed by atoms with Gasteiger partial charge in [-0.1, -0.05) is 12.1 Å². The monoisotopic (exact) mass is 509 g/mol. The van der Waals surface area contributed by atoms with Gasteiger partial charge in [0.1, 0.15) is 23.7 Å². The largest absolute Gasteiger partial charge is 0.492 e. The van der Waals surface area contributed by atoms with Crippen LogP contribution in [0.3, 0.4) is 0 Å². The number of likely N-dealkylation sites (N-methyl/N-ethyl adjacent to an activating group) is 1. The molecule has 0 aliphatic heterocycles. The average molecular weight is 510 g/mol. The number of nitrogens with one attached hydrogen (secondary N) is 4. The van der Waals surface area contributed by atoms with E-state index in [0.29, 0.717) is 36.3 Å². The second kappa shape index (κ2) is 12.7. The summed E-state index contributed by atoms with van der Waals surface area (Å²) in [6, 6.07) is 14.5. The van der Waals surface area contributed by atoms with Crippen molar-refractivity contribution in [1.29, 1.82) is 0 Å². The van der Waals surface area contributed by atoms with Crippen molar-refractivity contribution in [2.24, 2.45) is 4.36 Å². The van der Waals surface area contributed by atoms with Gasteiger partial charge in [0.25, 0.3) is 5.91 Å². The number of benzene rings is 2. The Hall–Kier alpha value is -3.96. The van der Waals surface area contributed by atoms with Crippen LogP contribution in [-0.4, -0.2) is 59.3 Å². The van der Waals surface area contributed by atoms with Gasteiger partial charge in [-0.05, 0) is 49.5 Å². The SMILES string of the molecule is C=CCNC(=O)c1cnc(Nc2ccc(OCCNC)cc2)nc1Nc1cccc(N=S(C)(C)=O)c1. The van der Waals surface area contributed by atoms with E-state index < -0.39 is 9.73 Å². The van der Waals surface area contributed by atoms with E-state index in [9.17, 15) is 9.00 Å². The van der Waals surface area contributed by atoms with E-state index in [2.05, 4.69) is 42.2 Å². The Bertz CT molecular complexity index is 1310. The summed E-state index contributed by atoms with van der Waals surface area (Å²) in [5.41, 5.74) is 2.20. The van der Waals surface area contributed by atoms with Crippen molar-refractivity contribution in [3.05, 3.63) is 72.9 Å². The fourth-order valence-electron chi connectivity index (χ4n) is 3.03. The first-order valence-corrected chi connectivity index (χ1v) is 13.6. The van der Waals surface area contributed by atoms with Gasteiger partial charge in [0.2, 0.25) is 5.95 Å². The van der Waals surface area contributed by atoms with Crippen LogP contribution in [0.4, 0.5) is 28.8 Å². The molecule has 0 saturated heterocycles. The third kappa shape index (κ3) is 8.36. The first-order valence-electron chi connectivity index (χ1n) is 11.2. The second-order valence-electron chi connectivity index (χ2n) is 8.00. The zero-order chi connectivity index (χ0) is 26.0. The lowest BCUT2D eigenvalue weighted by Gasteiger charge is -2.13. The molecule has 0 unspecified atom stereocenters. The Morgan fingerprint density at radius 1 is 1.14 bits per heavy atom. The molecule has 3 aromatic rings. The number of hydrogen-bond donors (Lipinski definition) is 4. The summed E-state index contributed by atoms with van der Waals surface area (Å²) < 4.78 is 22.0. The molecule has 10 nitrogen and oxygen atoms in total. The van der Waals surface area contributed by atoms with Gasteiger partial charge in [-0.2, -0.15) is 9.35 Å². The predicted molar refractivity (Wildman–Crippen MR) is 146 cm³/mol. The maximum absolute atomic E-state index is 12.7. The Kier molecular flexibility index (Phi) is 9.37. The van der Waals surface area contributed by atoms with Gasteiger partial charge in [-0.15, -0.1) is 6.58 Å². The molecule has 1 aromatic heterocycles. The highest BCUT2D eigenvalue weighted by molar-refractivity contribution is 7.92. The van der Waals surface area contributed by atoms with Crippen molar-refractivity contribution in [2.75, 3.05) is 49.9 Å². The van der Waals surface area contributed by atoms with E-state index in [1.54, 1.807) is 42.9 Å². The molecule has 0 bridgehead atoms. The summed E-state index contributed by atoms with van der Waals surface area (Å²) in [6.45, 7) is 5.25. The molecule has 11 heteroatoms. The quantitative estimate of drug-likeness (QED) is 0.214. The van der Waals surface area contributed by atoms with E-state index in [0.717, 1.165) is 18.0 Å². The molecule has 36 heavy (non-hydrogen) atoms. The molecule has 0 saturated carbocycles. The molecule has 0 aliphatic carbocycles. The third-order valence-electron chi connectivity index (χ3n) is 4.61. The Morgan fingerprint density at radius 2 is 1.92 bits per heavy atom. The lowest BCUT2D eigenvalue weighted by atomic mass is 10.2. The van der Waals surface area contributed by atoms with Crippen LogP contribution >= 0.6 is 0 Å². The van der Waals surface area contributed by atoms with Crippen molar-refractivity contribution in [2.45, 2.75) is 0 Å². The fraction of sp³-hybridized carbons (Fsp3) is 0.240. The first kappa shape index (κ1) is 26.6. The number of aromatic nitrogens is 2. The number of anilines is 4.